The van der Waals surface area contributed by atoms with Gasteiger partial charge < -0.3 is 25.1 Å². The molecule has 8 rings (SSSR count). The minimum Gasteiger partial charge on any atom is -0.481 e. The number of hydrogen-bond donors (Lipinski definition) is 3. The summed E-state index contributed by atoms with van der Waals surface area (Å²) in [4.78, 5) is 39.9. The minimum atomic E-state index is -0.927. The number of fused-ring (bicyclic) bond motifs is 12. The Morgan fingerprint density at radius 2 is 1.00 bits per heavy atom. The summed E-state index contributed by atoms with van der Waals surface area (Å²) in [6, 6.07) is 32.8. The number of aliphatic carboxylic acids is 3. The van der Waals surface area contributed by atoms with Crippen LogP contribution >= 0.6 is 0 Å². The molecule has 6 aromatic rings. The normalized spacial score (nSPS) is 14.9. The number of carboxylic acid groups (broad SMARTS) is 3. The smallest absolute Gasteiger partial charge is 0.309 e. The molecule has 2 aliphatic heterocycles. The number of nitrogens with zero attached hydrogens (tertiary/aromatic N) is 3. The summed E-state index contributed by atoms with van der Waals surface area (Å²) in [5.74, 6) is -2.03. The highest BCUT2D eigenvalue weighted by Gasteiger charge is 2.47. The average Bonchev–Trinajstić information content (AvgIpc) is 3.62. The molecule has 9 heteroatoms. The maximum Gasteiger partial charge on any atom is 0.309 e. The van der Waals surface area contributed by atoms with Crippen molar-refractivity contribution in [2.45, 2.75) is 38.5 Å². The van der Waals surface area contributed by atoms with Crippen LogP contribution in [0.1, 0.15) is 38.7 Å². The number of allylic oxidation sites excluding steroid dienone is 5. The standard InChI is InChI=1S/C47H41N3O6/c1-47(2)38(48(27-24-40(51)52)44-35-19-11-7-15-31(35)30-14-6-10-18-34(30)43(44)47)22-4-3-5-23-39-49(28-25-41(53)54)45-36-20-12-8-16-32(36)33-17-9-13-21-37(33)46(45)50(39)29-26-42(55)56/h3-23H,24-29H2,1-2H3,(H2-,51,52,53,54,55,56)/p+1. The summed E-state index contributed by atoms with van der Waals surface area (Å²) in [6.07, 6.45) is 9.47. The van der Waals surface area contributed by atoms with Gasteiger partial charge in [0, 0.05) is 35.5 Å². The highest BCUT2D eigenvalue weighted by Crippen LogP contribution is 2.52. The molecule has 56 heavy (non-hydrogen) atoms. The zero-order valence-electron chi connectivity index (χ0n) is 31.3. The first kappa shape index (κ1) is 36.2. The largest absolute Gasteiger partial charge is 0.481 e. The molecule has 2 aliphatic rings. The number of hydrogen-bond acceptors (Lipinski definition) is 5. The monoisotopic (exact) mass is 744 g/mol. The van der Waals surface area contributed by atoms with Gasteiger partial charge in [-0.15, -0.1) is 0 Å². The van der Waals surface area contributed by atoms with Crippen LogP contribution in [0.2, 0.25) is 0 Å². The van der Waals surface area contributed by atoms with E-state index in [1.54, 1.807) is 0 Å². The molecule has 6 aromatic carbocycles. The number of benzene rings is 6. The second-order valence-electron chi connectivity index (χ2n) is 14.8. The van der Waals surface area contributed by atoms with E-state index >= 15 is 0 Å². The second kappa shape index (κ2) is 14.5. The van der Waals surface area contributed by atoms with E-state index in [4.69, 9.17) is 0 Å². The molecule has 0 saturated carbocycles. The Morgan fingerprint density at radius 1 is 0.571 bits per heavy atom. The molecule has 0 aromatic heterocycles. The summed E-state index contributed by atoms with van der Waals surface area (Å²) in [5.41, 5.74) is 4.42. The quantitative estimate of drug-likeness (QED) is 0.0644. The second-order valence-corrected chi connectivity index (χ2v) is 14.8. The van der Waals surface area contributed by atoms with E-state index in [0.717, 1.165) is 71.4 Å². The van der Waals surface area contributed by atoms with E-state index in [1.807, 2.05) is 88.7 Å². The average molecular weight is 745 g/mol. The van der Waals surface area contributed by atoms with Gasteiger partial charge in [-0.2, -0.15) is 4.58 Å². The third kappa shape index (κ3) is 6.15. The van der Waals surface area contributed by atoms with Crippen LogP contribution in [0.3, 0.4) is 0 Å². The van der Waals surface area contributed by atoms with Crippen molar-refractivity contribution in [3.63, 3.8) is 0 Å². The predicted molar refractivity (Wildman–Crippen MR) is 224 cm³/mol. The van der Waals surface area contributed by atoms with Crippen LogP contribution in [0.25, 0.3) is 43.1 Å². The SMILES string of the molecule is CC1(C)C(/C=C/C=C/C=C2N(CCC(=O)O)c3c(c4ccccc4c4ccccc34)N2CCC(=O)O)=[N+](CCC(=O)O)c2c1c1ccccc1c1ccccc21. The molecule has 0 atom stereocenters. The van der Waals surface area contributed by atoms with Crippen molar-refractivity contribution in [3.8, 4) is 0 Å². The van der Waals surface area contributed by atoms with Crippen molar-refractivity contribution in [1.82, 2.24) is 0 Å². The molecule has 0 aliphatic carbocycles. The van der Waals surface area contributed by atoms with Gasteiger partial charge in [0.25, 0.3) is 0 Å². The fourth-order valence-electron chi connectivity index (χ4n) is 8.79. The van der Waals surface area contributed by atoms with Crippen LogP contribution in [0.5, 0.6) is 0 Å². The molecule has 0 radical (unpaired) electrons. The molecule has 280 valence electrons. The third-order valence-corrected chi connectivity index (χ3v) is 11.1. The Balaban J connectivity index is 1.24. The van der Waals surface area contributed by atoms with Gasteiger partial charge in [0.05, 0.1) is 35.0 Å². The van der Waals surface area contributed by atoms with Crippen molar-refractivity contribution in [2.75, 3.05) is 29.4 Å². The first-order valence-corrected chi connectivity index (χ1v) is 18.9. The van der Waals surface area contributed by atoms with E-state index < -0.39 is 23.3 Å². The van der Waals surface area contributed by atoms with Crippen LogP contribution in [-0.4, -0.2) is 63.1 Å². The molecular formula is C47H42N3O6+. The highest BCUT2D eigenvalue weighted by molar-refractivity contribution is 6.23. The third-order valence-electron chi connectivity index (χ3n) is 11.1. The molecule has 0 bridgehead atoms. The molecular weight excluding hydrogens is 703 g/mol. The van der Waals surface area contributed by atoms with Crippen LogP contribution in [0.4, 0.5) is 17.1 Å². The molecule has 9 nitrogen and oxygen atoms in total. The lowest BCUT2D eigenvalue weighted by Gasteiger charge is -2.25. The Hall–Kier alpha value is -6.74. The first-order chi connectivity index (χ1) is 27.1. The van der Waals surface area contributed by atoms with Crippen LogP contribution in [0, 0.1) is 0 Å². The van der Waals surface area contributed by atoms with Gasteiger partial charge in [-0.3, -0.25) is 14.4 Å². The van der Waals surface area contributed by atoms with Gasteiger partial charge >= 0.3 is 17.9 Å². The number of rotatable bonds is 12. The molecule has 2 heterocycles. The van der Waals surface area contributed by atoms with Gasteiger partial charge in [0.2, 0.25) is 5.69 Å². The molecule has 0 saturated heterocycles. The van der Waals surface area contributed by atoms with E-state index in [1.165, 1.54) is 0 Å². The lowest BCUT2D eigenvalue weighted by molar-refractivity contribution is -0.435. The van der Waals surface area contributed by atoms with Crippen LogP contribution in [-0.2, 0) is 19.8 Å². The minimum absolute atomic E-state index is 0.0295. The van der Waals surface area contributed by atoms with Crippen molar-refractivity contribution in [3.05, 3.63) is 139 Å². The van der Waals surface area contributed by atoms with Crippen molar-refractivity contribution >= 4 is 83.8 Å². The van der Waals surface area contributed by atoms with Gasteiger partial charge in [-0.1, -0.05) is 109 Å². The van der Waals surface area contributed by atoms with Crippen molar-refractivity contribution < 1.29 is 34.3 Å². The van der Waals surface area contributed by atoms with E-state index in [-0.39, 0.29) is 32.4 Å². The fourth-order valence-corrected chi connectivity index (χ4v) is 8.79. The van der Waals surface area contributed by atoms with Gasteiger partial charge in [0.15, 0.2) is 12.3 Å². The summed E-state index contributed by atoms with van der Waals surface area (Å²) in [5, 5.41) is 37.9. The summed E-state index contributed by atoms with van der Waals surface area (Å²) < 4.78 is 2.16. The molecule has 0 fully saturated rings. The predicted octanol–water partition coefficient (Wildman–Crippen LogP) is 9.38. The van der Waals surface area contributed by atoms with Gasteiger partial charge in [0.1, 0.15) is 12.2 Å². The molecule has 0 spiro atoms. The zero-order chi connectivity index (χ0) is 39.1. The van der Waals surface area contributed by atoms with Crippen molar-refractivity contribution in [2.24, 2.45) is 0 Å². The molecule has 0 unspecified atom stereocenters. The molecule has 0 amide bonds. The topological polar surface area (TPSA) is 121 Å². The highest BCUT2D eigenvalue weighted by atomic mass is 16.4. The maximum atomic E-state index is 12.0. The summed E-state index contributed by atoms with van der Waals surface area (Å²) in [7, 11) is 0. The van der Waals surface area contributed by atoms with Crippen LogP contribution < -0.4 is 9.80 Å². The number of anilines is 2. The zero-order valence-corrected chi connectivity index (χ0v) is 31.3. The first-order valence-electron chi connectivity index (χ1n) is 18.9. The van der Waals surface area contributed by atoms with Gasteiger partial charge in [-0.25, -0.2) is 0 Å². The lowest BCUT2D eigenvalue weighted by Crippen LogP contribution is -2.31. The van der Waals surface area contributed by atoms with Crippen molar-refractivity contribution in [1.29, 1.82) is 0 Å². The Kier molecular flexibility index (Phi) is 9.38. The number of carbonyl (C=O) groups is 3. The number of carboxylic acids is 3. The Morgan fingerprint density at radius 3 is 1.50 bits per heavy atom. The lowest BCUT2D eigenvalue weighted by atomic mass is 9.78. The summed E-state index contributed by atoms with van der Waals surface area (Å²) >= 11 is 0. The molecule has 3 N–H and O–H groups in total. The Bertz CT molecular complexity index is 2650. The Labute approximate surface area is 324 Å². The van der Waals surface area contributed by atoms with Gasteiger partial charge in [-0.05, 0) is 52.9 Å². The van der Waals surface area contributed by atoms with E-state index in [9.17, 15) is 29.7 Å². The van der Waals surface area contributed by atoms with E-state index in [2.05, 4.69) is 67.0 Å². The maximum absolute atomic E-state index is 12.0. The van der Waals surface area contributed by atoms with Crippen LogP contribution in [0.15, 0.2) is 133 Å². The van der Waals surface area contributed by atoms with E-state index in [0.29, 0.717) is 12.4 Å². The summed E-state index contributed by atoms with van der Waals surface area (Å²) in [6.45, 7) is 5.05. The fraction of sp³-hybridized carbons (Fsp3) is 0.191.